The minimum atomic E-state index is -4.66. The van der Waals surface area contributed by atoms with Crippen LogP contribution in [0.25, 0.3) is 0 Å². The van der Waals surface area contributed by atoms with Gasteiger partial charge in [0.25, 0.3) is 11.9 Å². The second-order valence-electron chi connectivity index (χ2n) is 10.1. The molecule has 2 saturated carbocycles. The summed E-state index contributed by atoms with van der Waals surface area (Å²) < 4.78 is 85.2. The van der Waals surface area contributed by atoms with Gasteiger partial charge in [-0.05, 0) is 37.5 Å². The SMILES string of the molecule is O=C(Nc1cc(F)c(OC2CC3CC3C2)c(F)c1)c1nc(N2CCC3COCC32)oc1CC(F)(F)F. The number of ether oxygens (including phenoxy) is 2. The lowest BCUT2D eigenvalue weighted by atomic mass is 10.1. The van der Waals surface area contributed by atoms with Crippen molar-refractivity contribution in [1.29, 1.82) is 0 Å². The molecule has 4 unspecified atom stereocenters. The lowest BCUT2D eigenvalue weighted by molar-refractivity contribution is -0.130. The van der Waals surface area contributed by atoms with Crippen molar-refractivity contribution in [3.63, 3.8) is 0 Å². The van der Waals surface area contributed by atoms with Crippen LogP contribution in [0.15, 0.2) is 16.5 Å². The van der Waals surface area contributed by atoms with E-state index >= 15 is 0 Å². The fourth-order valence-electron chi connectivity index (χ4n) is 5.71. The molecule has 4 fully saturated rings. The largest absolute Gasteiger partial charge is 0.484 e. The van der Waals surface area contributed by atoms with Gasteiger partial charge in [-0.1, -0.05) is 0 Å². The van der Waals surface area contributed by atoms with E-state index in [-0.39, 0.29) is 29.8 Å². The summed E-state index contributed by atoms with van der Waals surface area (Å²) in [5.74, 6) is -2.94. The number of anilines is 2. The van der Waals surface area contributed by atoms with Gasteiger partial charge >= 0.3 is 6.18 Å². The van der Waals surface area contributed by atoms with Gasteiger partial charge in [-0.3, -0.25) is 4.79 Å². The summed E-state index contributed by atoms with van der Waals surface area (Å²) in [7, 11) is 0. The summed E-state index contributed by atoms with van der Waals surface area (Å²) >= 11 is 0. The van der Waals surface area contributed by atoms with E-state index in [2.05, 4.69) is 10.3 Å². The van der Waals surface area contributed by atoms with Gasteiger partial charge in [-0.25, -0.2) is 8.78 Å². The first-order chi connectivity index (χ1) is 17.1. The van der Waals surface area contributed by atoms with E-state index in [1.165, 1.54) is 0 Å². The molecule has 2 aliphatic heterocycles. The topological polar surface area (TPSA) is 76.8 Å². The number of hydrogen-bond acceptors (Lipinski definition) is 6. The van der Waals surface area contributed by atoms with Gasteiger partial charge in [0.1, 0.15) is 12.2 Å². The standard InChI is InChI=1S/C24H24F5N3O4/c25-16-6-14(7-17(26)21(16)35-15-4-12-3-13(12)5-15)30-22(33)20-19(8-24(27,28)29)36-23(31-20)32-2-1-11-9-34-10-18(11)32/h6-7,11-13,15,18H,1-5,8-10H2,(H,30,33). The van der Waals surface area contributed by atoms with E-state index in [4.69, 9.17) is 13.9 Å². The zero-order chi connectivity index (χ0) is 25.2. The quantitative estimate of drug-likeness (QED) is 0.564. The van der Waals surface area contributed by atoms with Gasteiger partial charge in [0.2, 0.25) is 0 Å². The Hall–Kier alpha value is -2.89. The summed E-state index contributed by atoms with van der Waals surface area (Å²) in [4.78, 5) is 18.6. The Morgan fingerprint density at radius 2 is 1.83 bits per heavy atom. The molecule has 1 aromatic carbocycles. The number of benzene rings is 1. The third kappa shape index (κ3) is 4.51. The van der Waals surface area contributed by atoms with Crippen molar-refractivity contribution in [2.24, 2.45) is 17.8 Å². The lowest BCUT2D eigenvalue weighted by Crippen LogP contribution is -2.33. The van der Waals surface area contributed by atoms with Gasteiger partial charge in [0.05, 0.1) is 25.4 Å². The molecule has 7 nitrogen and oxygen atoms in total. The zero-order valence-electron chi connectivity index (χ0n) is 19.1. The minimum Gasteiger partial charge on any atom is -0.484 e. The molecule has 4 aliphatic rings. The second-order valence-corrected chi connectivity index (χ2v) is 10.1. The van der Waals surface area contributed by atoms with Crippen molar-refractivity contribution in [3.8, 4) is 5.75 Å². The molecule has 4 atom stereocenters. The van der Waals surface area contributed by atoms with Crippen molar-refractivity contribution >= 4 is 17.6 Å². The number of aromatic nitrogens is 1. The maximum Gasteiger partial charge on any atom is 0.396 e. The van der Waals surface area contributed by atoms with Crippen LogP contribution in [0, 0.1) is 29.4 Å². The highest BCUT2D eigenvalue weighted by Gasteiger charge is 2.47. The monoisotopic (exact) mass is 513 g/mol. The Morgan fingerprint density at radius 3 is 2.53 bits per heavy atom. The predicted octanol–water partition coefficient (Wildman–Crippen LogP) is 4.71. The number of nitrogens with zero attached hydrogens (tertiary/aromatic N) is 2. The summed E-state index contributed by atoms with van der Waals surface area (Å²) in [6.45, 7) is 1.44. The number of nitrogens with one attached hydrogen (secondary N) is 1. The number of hydrogen-bond donors (Lipinski definition) is 1. The molecule has 2 aliphatic carbocycles. The highest BCUT2D eigenvalue weighted by atomic mass is 19.4. The molecule has 0 radical (unpaired) electrons. The number of carbonyl (C=O) groups is 1. The summed E-state index contributed by atoms with van der Waals surface area (Å²) in [5.41, 5.74) is -0.861. The third-order valence-electron chi connectivity index (χ3n) is 7.55. The molecule has 194 valence electrons. The van der Waals surface area contributed by atoms with E-state index in [9.17, 15) is 26.7 Å². The Morgan fingerprint density at radius 1 is 1.11 bits per heavy atom. The summed E-state index contributed by atoms with van der Waals surface area (Å²) in [6, 6.07) is 1.54. The third-order valence-corrected chi connectivity index (χ3v) is 7.55. The van der Waals surface area contributed by atoms with E-state index in [1.807, 2.05) is 0 Å². The van der Waals surface area contributed by atoms with Crippen LogP contribution in [0.4, 0.5) is 33.7 Å². The number of fused-ring (bicyclic) bond motifs is 2. The van der Waals surface area contributed by atoms with Gasteiger partial charge in [0.15, 0.2) is 23.1 Å². The predicted molar refractivity (Wildman–Crippen MR) is 116 cm³/mol. The molecule has 6 rings (SSSR count). The van der Waals surface area contributed by atoms with Crippen LogP contribution in [0.2, 0.25) is 0 Å². The molecule has 0 spiro atoms. The molecule has 1 amide bonds. The lowest BCUT2D eigenvalue weighted by Gasteiger charge is -2.20. The van der Waals surface area contributed by atoms with Crippen molar-refractivity contribution in [3.05, 3.63) is 35.2 Å². The first kappa shape index (κ1) is 23.5. The molecule has 3 heterocycles. The Balaban J connectivity index is 1.22. The fraction of sp³-hybridized carbons (Fsp3) is 0.583. The smallest absolute Gasteiger partial charge is 0.396 e. The molecule has 2 aromatic rings. The van der Waals surface area contributed by atoms with E-state index < -0.39 is 47.3 Å². The molecular weight excluding hydrogens is 489 g/mol. The maximum absolute atomic E-state index is 14.6. The molecule has 1 N–H and O–H groups in total. The Labute approximate surface area is 202 Å². The Kier molecular flexibility index (Phi) is 5.62. The van der Waals surface area contributed by atoms with Crippen molar-refractivity contribution in [1.82, 2.24) is 4.98 Å². The van der Waals surface area contributed by atoms with Gasteiger partial charge in [-0.2, -0.15) is 18.2 Å². The second kappa shape index (κ2) is 8.60. The van der Waals surface area contributed by atoms with Crippen LogP contribution in [0.5, 0.6) is 5.75 Å². The highest BCUT2D eigenvalue weighted by molar-refractivity contribution is 6.03. The van der Waals surface area contributed by atoms with Gasteiger partial charge < -0.3 is 24.1 Å². The summed E-state index contributed by atoms with van der Waals surface area (Å²) in [5, 5.41) is 2.24. The number of oxazole rings is 1. The van der Waals surface area contributed by atoms with Crippen molar-refractivity contribution in [2.75, 3.05) is 30.0 Å². The molecule has 1 aromatic heterocycles. The number of alkyl halides is 3. The highest BCUT2D eigenvalue weighted by Crippen LogP contribution is 2.52. The number of halogens is 5. The summed E-state index contributed by atoms with van der Waals surface area (Å²) in [6.07, 6.45) is -3.03. The normalized spacial score (nSPS) is 28.8. The van der Waals surface area contributed by atoms with Crippen LogP contribution < -0.4 is 15.0 Å². The number of rotatable bonds is 6. The van der Waals surface area contributed by atoms with E-state index in [1.54, 1.807) is 4.90 Å². The zero-order valence-corrected chi connectivity index (χ0v) is 19.1. The average Bonchev–Trinajstić information content (AvgIpc) is 3.24. The van der Waals surface area contributed by atoms with Crippen LogP contribution >= 0.6 is 0 Å². The molecule has 0 bridgehead atoms. The maximum atomic E-state index is 14.6. The molecular formula is C24H24F5N3O4. The minimum absolute atomic E-state index is 0.0974. The van der Waals surface area contributed by atoms with E-state index in [0.717, 1.165) is 37.8 Å². The molecule has 36 heavy (non-hydrogen) atoms. The van der Waals surface area contributed by atoms with Crippen molar-refractivity contribution < 1.29 is 40.6 Å². The number of amides is 1. The van der Waals surface area contributed by atoms with Gasteiger partial charge in [-0.15, -0.1) is 0 Å². The molecule has 12 heteroatoms. The number of carbonyl (C=O) groups excluding carboxylic acids is 1. The first-order valence-corrected chi connectivity index (χ1v) is 12.0. The van der Waals surface area contributed by atoms with Crippen LogP contribution in [0.1, 0.15) is 41.9 Å². The van der Waals surface area contributed by atoms with E-state index in [0.29, 0.717) is 31.6 Å². The molecule has 2 saturated heterocycles. The van der Waals surface area contributed by atoms with Crippen molar-refractivity contribution in [2.45, 2.75) is 50.4 Å². The Bertz CT molecular complexity index is 1150. The first-order valence-electron chi connectivity index (χ1n) is 12.0. The van der Waals surface area contributed by atoms with Crippen LogP contribution in [0.3, 0.4) is 0 Å². The van der Waals surface area contributed by atoms with Gasteiger partial charge in [0, 0.05) is 30.3 Å². The average molecular weight is 513 g/mol. The van der Waals surface area contributed by atoms with Crippen LogP contribution in [-0.4, -0.2) is 49.0 Å². The van der Waals surface area contributed by atoms with Crippen LogP contribution in [-0.2, 0) is 11.2 Å². The fourth-order valence-corrected chi connectivity index (χ4v) is 5.71.